The van der Waals surface area contributed by atoms with Crippen LogP contribution in [0.1, 0.15) is 12.8 Å². The predicted molar refractivity (Wildman–Crippen MR) is 76.9 cm³/mol. The molecule has 1 aliphatic rings. The highest BCUT2D eigenvalue weighted by atomic mass is 32.2. The molecular formula is C14H22N2S. The van der Waals surface area contributed by atoms with E-state index in [-0.39, 0.29) is 0 Å². The van der Waals surface area contributed by atoms with Crippen LogP contribution in [0, 0.1) is 5.92 Å². The molecule has 94 valence electrons. The Bertz CT molecular complexity index is 346. The molecule has 2 nitrogen and oxygen atoms in total. The van der Waals surface area contributed by atoms with Gasteiger partial charge < -0.3 is 10.2 Å². The predicted octanol–water partition coefficient (Wildman–Crippen LogP) is 3.16. The van der Waals surface area contributed by atoms with Crippen LogP contribution in [-0.4, -0.2) is 37.8 Å². The lowest BCUT2D eigenvalue weighted by atomic mass is 9.97. The smallest absolute Gasteiger partial charge is 0.0351 e. The van der Waals surface area contributed by atoms with Gasteiger partial charge in [0.1, 0.15) is 0 Å². The first kappa shape index (κ1) is 12.8. The van der Waals surface area contributed by atoms with Gasteiger partial charge in [-0.1, -0.05) is 6.07 Å². The van der Waals surface area contributed by atoms with E-state index in [1.54, 1.807) is 11.8 Å². The molecule has 1 saturated heterocycles. The first-order valence-electron chi connectivity index (χ1n) is 6.34. The lowest BCUT2D eigenvalue weighted by molar-refractivity contribution is 0.226. The van der Waals surface area contributed by atoms with Crippen molar-refractivity contribution in [2.45, 2.75) is 17.7 Å². The lowest BCUT2D eigenvalue weighted by Gasteiger charge is -2.29. The highest BCUT2D eigenvalue weighted by molar-refractivity contribution is 7.98. The molecule has 0 amide bonds. The summed E-state index contributed by atoms with van der Waals surface area (Å²) in [5.74, 6) is 0.837. The van der Waals surface area contributed by atoms with E-state index in [9.17, 15) is 0 Å². The van der Waals surface area contributed by atoms with Crippen molar-refractivity contribution in [2.75, 3.05) is 38.3 Å². The second kappa shape index (κ2) is 6.31. The number of anilines is 1. The van der Waals surface area contributed by atoms with Gasteiger partial charge in [-0.3, -0.25) is 0 Å². The van der Waals surface area contributed by atoms with Crippen LogP contribution in [0.25, 0.3) is 0 Å². The van der Waals surface area contributed by atoms with Crippen LogP contribution < -0.4 is 5.32 Å². The molecule has 3 heteroatoms. The normalized spacial score (nSPS) is 18.2. The number of rotatable bonds is 4. The van der Waals surface area contributed by atoms with Crippen molar-refractivity contribution in [3.8, 4) is 0 Å². The first-order valence-corrected chi connectivity index (χ1v) is 7.57. The summed E-state index contributed by atoms with van der Waals surface area (Å²) in [4.78, 5) is 3.75. The first-order chi connectivity index (χ1) is 8.28. The van der Waals surface area contributed by atoms with E-state index in [1.165, 1.54) is 36.5 Å². The van der Waals surface area contributed by atoms with Crippen LogP contribution in [0.3, 0.4) is 0 Å². The van der Waals surface area contributed by atoms with Crippen molar-refractivity contribution >= 4 is 17.4 Å². The molecule has 0 atom stereocenters. The third-order valence-corrected chi connectivity index (χ3v) is 4.23. The average molecular weight is 250 g/mol. The Morgan fingerprint density at radius 3 is 2.82 bits per heavy atom. The minimum Gasteiger partial charge on any atom is -0.385 e. The van der Waals surface area contributed by atoms with E-state index in [4.69, 9.17) is 0 Å². The van der Waals surface area contributed by atoms with Crippen LogP contribution in [0.15, 0.2) is 29.2 Å². The van der Waals surface area contributed by atoms with Crippen LogP contribution in [0.5, 0.6) is 0 Å². The van der Waals surface area contributed by atoms with Crippen LogP contribution in [0.2, 0.25) is 0 Å². The molecule has 0 spiro atoms. The highest BCUT2D eigenvalue weighted by Crippen LogP contribution is 2.21. The molecule has 1 aliphatic heterocycles. The summed E-state index contributed by atoms with van der Waals surface area (Å²) in [6.45, 7) is 3.61. The van der Waals surface area contributed by atoms with E-state index in [1.807, 2.05) is 0 Å². The number of hydrogen-bond donors (Lipinski definition) is 1. The summed E-state index contributed by atoms with van der Waals surface area (Å²) in [5, 5.41) is 3.57. The van der Waals surface area contributed by atoms with Gasteiger partial charge in [0.05, 0.1) is 0 Å². The number of nitrogens with one attached hydrogen (secondary N) is 1. The number of likely N-dealkylation sites (tertiary alicyclic amines) is 1. The minimum atomic E-state index is 0.837. The third kappa shape index (κ3) is 3.93. The number of hydrogen-bond acceptors (Lipinski definition) is 3. The molecule has 0 aromatic heterocycles. The maximum absolute atomic E-state index is 3.57. The molecule has 0 unspecified atom stereocenters. The number of piperidine rings is 1. The second-order valence-electron chi connectivity index (χ2n) is 4.86. The number of nitrogens with zero attached hydrogens (tertiary/aromatic N) is 1. The Labute approximate surface area is 109 Å². The third-order valence-electron chi connectivity index (χ3n) is 3.50. The fraction of sp³-hybridized carbons (Fsp3) is 0.571. The van der Waals surface area contributed by atoms with Crippen molar-refractivity contribution in [1.29, 1.82) is 0 Å². The highest BCUT2D eigenvalue weighted by Gasteiger charge is 2.15. The average Bonchev–Trinajstić information content (AvgIpc) is 2.38. The fourth-order valence-electron chi connectivity index (χ4n) is 2.26. The zero-order valence-electron chi connectivity index (χ0n) is 10.8. The standard InChI is InChI=1S/C14H22N2S/c1-16-8-6-12(7-9-16)11-15-13-4-3-5-14(10-13)17-2/h3-5,10,12,15H,6-9,11H2,1-2H3. The van der Waals surface area contributed by atoms with Gasteiger partial charge in [-0.25, -0.2) is 0 Å². The van der Waals surface area contributed by atoms with E-state index in [0.29, 0.717) is 0 Å². The Morgan fingerprint density at radius 2 is 2.12 bits per heavy atom. The van der Waals surface area contributed by atoms with Crippen molar-refractivity contribution in [1.82, 2.24) is 4.90 Å². The molecule has 0 bridgehead atoms. The van der Waals surface area contributed by atoms with Crippen molar-refractivity contribution in [3.63, 3.8) is 0 Å². The van der Waals surface area contributed by atoms with Crippen molar-refractivity contribution < 1.29 is 0 Å². The number of benzene rings is 1. The van der Waals surface area contributed by atoms with Crippen molar-refractivity contribution in [2.24, 2.45) is 5.92 Å². The van der Waals surface area contributed by atoms with Gasteiger partial charge in [-0.2, -0.15) is 0 Å². The maximum atomic E-state index is 3.57. The Hall–Kier alpha value is -0.670. The summed E-state index contributed by atoms with van der Waals surface area (Å²) in [5.41, 5.74) is 1.26. The Morgan fingerprint density at radius 1 is 1.35 bits per heavy atom. The van der Waals surface area contributed by atoms with Crippen molar-refractivity contribution in [3.05, 3.63) is 24.3 Å². The summed E-state index contributed by atoms with van der Waals surface area (Å²) in [6, 6.07) is 8.68. The molecule has 1 fully saturated rings. The summed E-state index contributed by atoms with van der Waals surface area (Å²) in [6.07, 6.45) is 4.77. The lowest BCUT2D eigenvalue weighted by Crippen LogP contribution is -2.32. The SMILES string of the molecule is CSc1cccc(NCC2CCN(C)CC2)c1. The van der Waals surface area contributed by atoms with Gasteiger partial charge in [0.25, 0.3) is 0 Å². The quantitative estimate of drug-likeness (QED) is 0.826. The monoisotopic (exact) mass is 250 g/mol. The Kier molecular flexibility index (Phi) is 4.75. The topological polar surface area (TPSA) is 15.3 Å². The molecule has 0 aliphatic carbocycles. The molecule has 1 heterocycles. The summed E-state index contributed by atoms with van der Waals surface area (Å²) >= 11 is 1.80. The molecule has 17 heavy (non-hydrogen) atoms. The Balaban J connectivity index is 1.81. The van der Waals surface area contributed by atoms with E-state index >= 15 is 0 Å². The maximum Gasteiger partial charge on any atom is 0.0351 e. The van der Waals surface area contributed by atoms with Gasteiger partial charge in [0.15, 0.2) is 0 Å². The minimum absolute atomic E-state index is 0.837. The van der Waals surface area contributed by atoms with E-state index in [2.05, 4.69) is 47.8 Å². The van der Waals surface area contributed by atoms with Gasteiger partial charge in [0.2, 0.25) is 0 Å². The van der Waals surface area contributed by atoms with Gasteiger partial charge in [-0.15, -0.1) is 11.8 Å². The second-order valence-corrected chi connectivity index (χ2v) is 5.74. The molecule has 2 rings (SSSR count). The molecule has 0 radical (unpaired) electrons. The zero-order chi connectivity index (χ0) is 12.1. The van der Waals surface area contributed by atoms with E-state index < -0.39 is 0 Å². The van der Waals surface area contributed by atoms with Crippen LogP contribution in [-0.2, 0) is 0 Å². The van der Waals surface area contributed by atoms with Crippen LogP contribution >= 0.6 is 11.8 Å². The van der Waals surface area contributed by atoms with Gasteiger partial charge in [0, 0.05) is 17.1 Å². The zero-order valence-corrected chi connectivity index (χ0v) is 11.6. The van der Waals surface area contributed by atoms with E-state index in [0.717, 1.165) is 12.5 Å². The van der Waals surface area contributed by atoms with Gasteiger partial charge >= 0.3 is 0 Å². The van der Waals surface area contributed by atoms with Crippen LogP contribution in [0.4, 0.5) is 5.69 Å². The van der Waals surface area contributed by atoms with Gasteiger partial charge in [-0.05, 0) is 63.4 Å². The molecule has 1 aromatic carbocycles. The molecule has 1 N–H and O–H groups in total. The molecular weight excluding hydrogens is 228 g/mol. The summed E-state index contributed by atoms with van der Waals surface area (Å²) < 4.78 is 0. The molecule has 1 aromatic rings. The molecule has 0 saturated carbocycles. The summed E-state index contributed by atoms with van der Waals surface area (Å²) in [7, 11) is 2.21. The fourth-order valence-corrected chi connectivity index (χ4v) is 2.72. The number of thioether (sulfide) groups is 1. The largest absolute Gasteiger partial charge is 0.385 e.